The molecule has 26 heavy (non-hydrogen) atoms. The minimum Gasteiger partial charge on any atom is -0.495 e. The number of nitrogens with one attached hydrogen (secondary N) is 1. The van der Waals surface area contributed by atoms with Gasteiger partial charge < -0.3 is 14.4 Å². The van der Waals surface area contributed by atoms with Crippen LogP contribution in [0.2, 0.25) is 0 Å². The van der Waals surface area contributed by atoms with Crippen molar-refractivity contribution in [2.24, 2.45) is 0 Å². The molecule has 1 aromatic carbocycles. The summed E-state index contributed by atoms with van der Waals surface area (Å²) in [5.41, 5.74) is 0.854. The molecule has 1 N–H and O–H groups in total. The van der Waals surface area contributed by atoms with Crippen molar-refractivity contribution in [3.63, 3.8) is 0 Å². The average Bonchev–Trinajstić information content (AvgIpc) is 2.53. The molecule has 0 fully saturated rings. The van der Waals surface area contributed by atoms with Gasteiger partial charge in [-0.15, -0.1) is 0 Å². The predicted octanol–water partition coefficient (Wildman–Crippen LogP) is 3.67. The summed E-state index contributed by atoms with van der Waals surface area (Å²) in [7, 11) is 3.45. The fraction of sp³-hybridized carbons (Fsp3) is 0.500. The summed E-state index contributed by atoms with van der Waals surface area (Å²) >= 11 is 0. The average molecular weight is 363 g/mol. The number of rotatable bonds is 4. The maximum absolute atomic E-state index is 12.0. The Kier molecular flexibility index (Phi) is 5.86. The van der Waals surface area contributed by atoms with E-state index in [4.69, 9.17) is 9.47 Å². The molecule has 1 heterocycles. The van der Waals surface area contributed by atoms with Gasteiger partial charge in [0.05, 0.1) is 23.3 Å². The van der Waals surface area contributed by atoms with Crippen LogP contribution in [0, 0.1) is 10.1 Å². The second-order valence-corrected chi connectivity index (χ2v) is 7.20. The Hall–Kier alpha value is -2.61. The van der Waals surface area contributed by atoms with Crippen molar-refractivity contribution in [1.82, 2.24) is 4.90 Å². The SMILES string of the molecule is COc1cc(C2=CCN(C)CC2)c([N+](=O)[O-])cc1NC(=O)OC(C)(C)C. The molecule has 0 unspecified atom stereocenters. The van der Waals surface area contributed by atoms with Crippen LogP contribution in [-0.2, 0) is 4.74 Å². The van der Waals surface area contributed by atoms with Crippen LogP contribution in [0.4, 0.5) is 16.2 Å². The molecule has 1 amide bonds. The first kappa shape index (κ1) is 19.7. The lowest BCUT2D eigenvalue weighted by Gasteiger charge is -2.23. The normalized spacial score (nSPS) is 15.2. The molecule has 0 aliphatic carbocycles. The zero-order chi connectivity index (χ0) is 19.5. The number of benzene rings is 1. The molecule has 0 aromatic heterocycles. The lowest BCUT2D eigenvalue weighted by molar-refractivity contribution is -0.385. The number of carbonyl (C=O) groups excluding carboxylic acids is 1. The Morgan fingerprint density at radius 1 is 1.35 bits per heavy atom. The van der Waals surface area contributed by atoms with Crippen LogP contribution in [0.15, 0.2) is 18.2 Å². The molecular formula is C18H25N3O5. The van der Waals surface area contributed by atoms with Gasteiger partial charge in [-0.05, 0) is 45.9 Å². The predicted molar refractivity (Wildman–Crippen MR) is 99.6 cm³/mol. The highest BCUT2D eigenvalue weighted by atomic mass is 16.6. The molecule has 1 aliphatic heterocycles. The largest absolute Gasteiger partial charge is 0.495 e. The Morgan fingerprint density at radius 2 is 2.04 bits per heavy atom. The van der Waals surface area contributed by atoms with Crippen LogP contribution in [-0.4, -0.2) is 48.8 Å². The van der Waals surface area contributed by atoms with E-state index in [-0.39, 0.29) is 11.4 Å². The highest BCUT2D eigenvalue weighted by Crippen LogP contribution is 2.38. The van der Waals surface area contributed by atoms with E-state index >= 15 is 0 Å². The Balaban J connectivity index is 2.41. The van der Waals surface area contributed by atoms with E-state index in [0.717, 1.165) is 18.7 Å². The molecule has 8 heteroatoms. The van der Waals surface area contributed by atoms with Gasteiger partial charge in [-0.3, -0.25) is 15.4 Å². The van der Waals surface area contributed by atoms with Gasteiger partial charge in [0, 0.05) is 19.2 Å². The van der Waals surface area contributed by atoms with E-state index in [1.807, 2.05) is 13.1 Å². The van der Waals surface area contributed by atoms with Gasteiger partial charge in [0.15, 0.2) is 0 Å². The number of hydrogen-bond acceptors (Lipinski definition) is 6. The maximum Gasteiger partial charge on any atom is 0.412 e. The van der Waals surface area contributed by atoms with Crippen LogP contribution >= 0.6 is 0 Å². The Morgan fingerprint density at radius 3 is 2.54 bits per heavy atom. The zero-order valence-corrected chi connectivity index (χ0v) is 15.8. The van der Waals surface area contributed by atoms with E-state index in [0.29, 0.717) is 17.7 Å². The van der Waals surface area contributed by atoms with Crippen LogP contribution in [0.25, 0.3) is 5.57 Å². The highest BCUT2D eigenvalue weighted by Gasteiger charge is 2.25. The minimum absolute atomic E-state index is 0.0762. The van der Waals surface area contributed by atoms with Gasteiger partial charge in [-0.2, -0.15) is 0 Å². The quantitative estimate of drug-likeness (QED) is 0.648. The third-order valence-electron chi connectivity index (χ3n) is 3.91. The molecule has 0 saturated heterocycles. The smallest absolute Gasteiger partial charge is 0.412 e. The molecule has 142 valence electrons. The van der Waals surface area contributed by atoms with E-state index < -0.39 is 16.6 Å². The van der Waals surface area contributed by atoms with E-state index in [2.05, 4.69) is 10.2 Å². The fourth-order valence-electron chi connectivity index (χ4n) is 2.67. The van der Waals surface area contributed by atoms with Crippen molar-refractivity contribution >= 4 is 23.0 Å². The highest BCUT2D eigenvalue weighted by molar-refractivity contribution is 5.89. The van der Waals surface area contributed by atoms with Crippen molar-refractivity contribution in [1.29, 1.82) is 0 Å². The first-order chi connectivity index (χ1) is 12.1. The number of amides is 1. The van der Waals surface area contributed by atoms with E-state index in [1.165, 1.54) is 13.2 Å². The summed E-state index contributed by atoms with van der Waals surface area (Å²) in [6.07, 6.45) is 1.99. The molecule has 0 spiro atoms. The first-order valence-electron chi connectivity index (χ1n) is 8.35. The third-order valence-corrected chi connectivity index (χ3v) is 3.91. The van der Waals surface area contributed by atoms with Gasteiger partial charge in [0.2, 0.25) is 0 Å². The maximum atomic E-state index is 12.0. The van der Waals surface area contributed by atoms with Gasteiger partial charge in [-0.25, -0.2) is 4.79 Å². The molecule has 0 atom stereocenters. The molecule has 0 bridgehead atoms. The lowest BCUT2D eigenvalue weighted by atomic mass is 9.97. The van der Waals surface area contributed by atoms with Crippen LogP contribution < -0.4 is 10.1 Å². The number of ether oxygens (including phenoxy) is 2. The molecule has 8 nitrogen and oxygen atoms in total. The summed E-state index contributed by atoms with van der Waals surface area (Å²) in [6, 6.07) is 2.92. The number of nitro groups is 1. The molecular weight excluding hydrogens is 338 g/mol. The van der Waals surface area contributed by atoms with Crippen molar-refractivity contribution in [3.05, 3.63) is 33.9 Å². The molecule has 0 saturated carbocycles. The van der Waals surface area contributed by atoms with E-state index in [1.54, 1.807) is 26.8 Å². The van der Waals surface area contributed by atoms with Crippen molar-refractivity contribution in [2.45, 2.75) is 32.8 Å². The Labute approximate surface area is 152 Å². The van der Waals surface area contributed by atoms with Crippen molar-refractivity contribution in [3.8, 4) is 5.75 Å². The number of carbonyl (C=O) groups is 1. The zero-order valence-electron chi connectivity index (χ0n) is 15.8. The van der Waals surface area contributed by atoms with Crippen LogP contribution in [0.3, 0.4) is 0 Å². The second-order valence-electron chi connectivity index (χ2n) is 7.20. The molecule has 2 rings (SSSR count). The number of nitro benzene ring substituents is 1. The number of methoxy groups -OCH3 is 1. The summed E-state index contributed by atoms with van der Waals surface area (Å²) in [6.45, 7) is 6.77. The molecule has 1 aromatic rings. The number of nitrogens with zero attached hydrogens (tertiary/aromatic N) is 2. The standard InChI is InChI=1S/C18H25N3O5/c1-18(2,3)26-17(22)19-14-11-15(21(23)24)13(10-16(14)25-5)12-6-8-20(4)9-7-12/h6,10-11H,7-9H2,1-5H3,(H,19,22). The van der Waals surface area contributed by atoms with Crippen molar-refractivity contribution in [2.75, 3.05) is 32.6 Å². The summed E-state index contributed by atoms with van der Waals surface area (Å²) < 4.78 is 10.5. The van der Waals surface area contributed by atoms with Crippen LogP contribution in [0.1, 0.15) is 32.8 Å². The monoisotopic (exact) mass is 363 g/mol. The number of likely N-dealkylation sites (N-methyl/N-ethyl adjacent to an activating group) is 1. The van der Waals surface area contributed by atoms with Gasteiger partial charge >= 0.3 is 6.09 Å². The summed E-state index contributed by atoms with van der Waals surface area (Å²) in [4.78, 5) is 25.3. The topological polar surface area (TPSA) is 93.9 Å². The van der Waals surface area contributed by atoms with Gasteiger partial charge in [0.1, 0.15) is 11.4 Å². The molecule has 1 aliphatic rings. The molecule has 0 radical (unpaired) electrons. The van der Waals surface area contributed by atoms with E-state index in [9.17, 15) is 14.9 Å². The minimum atomic E-state index is -0.698. The number of hydrogen-bond donors (Lipinski definition) is 1. The first-order valence-corrected chi connectivity index (χ1v) is 8.35. The fourth-order valence-corrected chi connectivity index (χ4v) is 2.67. The number of anilines is 1. The van der Waals surface area contributed by atoms with Gasteiger partial charge in [-0.1, -0.05) is 6.08 Å². The third kappa shape index (κ3) is 4.95. The van der Waals surface area contributed by atoms with Gasteiger partial charge in [0.25, 0.3) is 5.69 Å². The lowest BCUT2D eigenvalue weighted by Crippen LogP contribution is -2.27. The summed E-state index contributed by atoms with van der Waals surface area (Å²) in [5.74, 6) is 0.344. The van der Waals surface area contributed by atoms with Crippen molar-refractivity contribution < 1.29 is 19.2 Å². The summed E-state index contributed by atoms with van der Waals surface area (Å²) in [5, 5.41) is 14.1. The van der Waals surface area contributed by atoms with Crippen LogP contribution in [0.5, 0.6) is 5.75 Å². The second kappa shape index (κ2) is 7.74. The Bertz CT molecular complexity index is 737.